The van der Waals surface area contributed by atoms with E-state index >= 15 is 0 Å². The maximum Gasteiger partial charge on any atom is 0.000508 e. The first-order valence-corrected chi connectivity index (χ1v) is 3.83. The second-order valence-corrected chi connectivity index (χ2v) is 3.86. The van der Waals surface area contributed by atoms with Crippen molar-refractivity contribution in [3.63, 3.8) is 0 Å². The van der Waals surface area contributed by atoms with Crippen molar-refractivity contribution in [3.05, 3.63) is 0 Å². The summed E-state index contributed by atoms with van der Waals surface area (Å²) in [6, 6.07) is 0. The lowest BCUT2D eigenvalue weighted by molar-refractivity contribution is 0.172. The van der Waals surface area contributed by atoms with Crippen LogP contribution < -0.4 is 5.32 Å². The molecule has 0 radical (unpaired) electrons. The predicted octanol–water partition coefficient (Wildman–Crippen LogP) is 1.64. The van der Waals surface area contributed by atoms with E-state index in [9.17, 15) is 0 Å². The van der Waals surface area contributed by atoms with Gasteiger partial charge >= 0.3 is 0 Å². The van der Waals surface area contributed by atoms with Crippen molar-refractivity contribution >= 4 is 0 Å². The first kappa shape index (κ1) is 7.07. The first-order chi connectivity index (χ1) is 4.13. The standard InChI is InChI=1S/C8H17N/c1-7-4-5-9-6-8(7,2)3/h7,9H,4-6H2,1-3H3/t7-/m0/s1. The van der Waals surface area contributed by atoms with Gasteiger partial charge in [-0.25, -0.2) is 0 Å². The van der Waals surface area contributed by atoms with Crippen LogP contribution in [0.4, 0.5) is 0 Å². The Kier molecular flexibility index (Phi) is 1.80. The van der Waals surface area contributed by atoms with E-state index in [4.69, 9.17) is 0 Å². The number of hydrogen-bond donors (Lipinski definition) is 1. The molecule has 9 heavy (non-hydrogen) atoms. The Labute approximate surface area is 57.8 Å². The Balaban J connectivity index is 2.49. The number of hydrogen-bond acceptors (Lipinski definition) is 1. The van der Waals surface area contributed by atoms with Gasteiger partial charge in [-0.3, -0.25) is 0 Å². The Morgan fingerprint density at radius 2 is 2.11 bits per heavy atom. The van der Waals surface area contributed by atoms with Gasteiger partial charge in [0.05, 0.1) is 0 Å². The van der Waals surface area contributed by atoms with Crippen molar-refractivity contribution < 1.29 is 0 Å². The van der Waals surface area contributed by atoms with E-state index in [1.165, 1.54) is 19.5 Å². The van der Waals surface area contributed by atoms with Crippen LogP contribution in [0.2, 0.25) is 0 Å². The van der Waals surface area contributed by atoms with E-state index < -0.39 is 0 Å². The maximum atomic E-state index is 3.41. The minimum absolute atomic E-state index is 0.526. The van der Waals surface area contributed by atoms with Gasteiger partial charge in [0.25, 0.3) is 0 Å². The Bertz CT molecular complexity index is 96.7. The molecule has 0 aliphatic carbocycles. The highest BCUT2D eigenvalue weighted by atomic mass is 14.9. The topological polar surface area (TPSA) is 12.0 Å². The third-order valence-corrected chi connectivity index (χ3v) is 2.67. The van der Waals surface area contributed by atoms with Gasteiger partial charge in [-0.05, 0) is 24.3 Å². The van der Waals surface area contributed by atoms with Gasteiger partial charge in [0.1, 0.15) is 0 Å². The quantitative estimate of drug-likeness (QED) is 0.521. The summed E-state index contributed by atoms with van der Waals surface area (Å²) >= 11 is 0. The van der Waals surface area contributed by atoms with Crippen molar-refractivity contribution in [2.45, 2.75) is 27.2 Å². The zero-order valence-electron chi connectivity index (χ0n) is 6.70. The summed E-state index contributed by atoms with van der Waals surface area (Å²) in [5.41, 5.74) is 0.526. The average molecular weight is 127 g/mol. The van der Waals surface area contributed by atoms with Crippen LogP contribution in [0.1, 0.15) is 27.2 Å². The summed E-state index contributed by atoms with van der Waals surface area (Å²) in [6.45, 7) is 9.42. The number of nitrogens with one attached hydrogen (secondary N) is 1. The van der Waals surface area contributed by atoms with Gasteiger partial charge in [-0.15, -0.1) is 0 Å². The van der Waals surface area contributed by atoms with Crippen LogP contribution in [0.5, 0.6) is 0 Å². The highest BCUT2D eigenvalue weighted by molar-refractivity contribution is 4.82. The summed E-state index contributed by atoms with van der Waals surface area (Å²) in [6.07, 6.45) is 1.34. The molecule has 1 aliphatic heterocycles. The Hall–Kier alpha value is -0.0400. The van der Waals surface area contributed by atoms with Crippen molar-refractivity contribution in [2.24, 2.45) is 11.3 Å². The van der Waals surface area contributed by atoms with Crippen LogP contribution in [-0.4, -0.2) is 13.1 Å². The van der Waals surface area contributed by atoms with Crippen LogP contribution in [-0.2, 0) is 0 Å². The molecule has 1 atom stereocenters. The molecule has 0 spiro atoms. The van der Waals surface area contributed by atoms with E-state index in [0.29, 0.717) is 5.41 Å². The SMILES string of the molecule is C[C@H]1CCNCC1(C)C. The van der Waals surface area contributed by atoms with Crippen molar-refractivity contribution in [1.29, 1.82) is 0 Å². The van der Waals surface area contributed by atoms with Crippen molar-refractivity contribution in [2.75, 3.05) is 13.1 Å². The molecule has 1 saturated heterocycles. The van der Waals surface area contributed by atoms with Crippen molar-refractivity contribution in [1.82, 2.24) is 5.32 Å². The second-order valence-electron chi connectivity index (χ2n) is 3.86. The molecule has 0 aromatic carbocycles. The lowest BCUT2D eigenvalue weighted by Gasteiger charge is -2.36. The molecule has 1 nitrogen and oxygen atoms in total. The zero-order valence-corrected chi connectivity index (χ0v) is 6.70. The molecule has 0 aromatic rings. The summed E-state index contributed by atoms with van der Waals surface area (Å²) in [7, 11) is 0. The van der Waals surface area contributed by atoms with Gasteiger partial charge in [0.2, 0.25) is 0 Å². The van der Waals surface area contributed by atoms with E-state index in [1.54, 1.807) is 0 Å². The van der Waals surface area contributed by atoms with E-state index in [1.807, 2.05) is 0 Å². The smallest absolute Gasteiger partial charge is 0.000508 e. The van der Waals surface area contributed by atoms with Crippen LogP contribution in [0.15, 0.2) is 0 Å². The predicted molar refractivity (Wildman–Crippen MR) is 40.4 cm³/mol. The molecule has 0 bridgehead atoms. The lowest BCUT2D eigenvalue weighted by atomic mass is 9.76. The van der Waals surface area contributed by atoms with E-state index in [-0.39, 0.29) is 0 Å². The molecular formula is C8H17N. The summed E-state index contributed by atoms with van der Waals surface area (Å²) < 4.78 is 0. The summed E-state index contributed by atoms with van der Waals surface area (Å²) in [4.78, 5) is 0. The largest absolute Gasteiger partial charge is 0.316 e. The lowest BCUT2D eigenvalue weighted by Crippen LogP contribution is -2.41. The van der Waals surface area contributed by atoms with Crippen LogP contribution in [0.3, 0.4) is 0 Å². The van der Waals surface area contributed by atoms with Crippen LogP contribution in [0, 0.1) is 11.3 Å². The molecule has 0 unspecified atom stereocenters. The van der Waals surface area contributed by atoms with Gasteiger partial charge in [-0.2, -0.15) is 0 Å². The number of piperidine rings is 1. The molecule has 1 aliphatic rings. The third kappa shape index (κ3) is 1.45. The third-order valence-electron chi connectivity index (χ3n) is 2.67. The highest BCUT2D eigenvalue weighted by Crippen LogP contribution is 2.30. The normalized spacial score (nSPS) is 34.3. The zero-order chi connectivity index (χ0) is 6.91. The molecular weight excluding hydrogens is 110 g/mol. The van der Waals surface area contributed by atoms with Crippen molar-refractivity contribution in [3.8, 4) is 0 Å². The second kappa shape index (κ2) is 2.30. The Morgan fingerprint density at radius 3 is 2.44 bits per heavy atom. The summed E-state index contributed by atoms with van der Waals surface area (Å²) in [5.74, 6) is 0.888. The van der Waals surface area contributed by atoms with E-state index in [0.717, 1.165) is 5.92 Å². The fourth-order valence-corrected chi connectivity index (χ4v) is 1.29. The van der Waals surface area contributed by atoms with Gasteiger partial charge in [0, 0.05) is 6.54 Å². The van der Waals surface area contributed by atoms with E-state index in [2.05, 4.69) is 26.1 Å². The maximum absolute atomic E-state index is 3.41. The molecule has 0 saturated carbocycles. The minimum atomic E-state index is 0.526. The average Bonchev–Trinajstić information content (AvgIpc) is 1.77. The Morgan fingerprint density at radius 1 is 1.44 bits per heavy atom. The summed E-state index contributed by atoms with van der Waals surface area (Å²) in [5, 5.41) is 3.41. The van der Waals surface area contributed by atoms with Crippen LogP contribution >= 0.6 is 0 Å². The molecule has 0 amide bonds. The number of rotatable bonds is 0. The molecule has 1 N–H and O–H groups in total. The van der Waals surface area contributed by atoms with Gasteiger partial charge in [-0.1, -0.05) is 20.8 Å². The molecule has 54 valence electrons. The minimum Gasteiger partial charge on any atom is -0.316 e. The highest BCUT2D eigenvalue weighted by Gasteiger charge is 2.27. The fraction of sp³-hybridized carbons (Fsp3) is 1.00. The van der Waals surface area contributed by atoms with Crippen LogP contribution in [0.25, 0.3) is 0 Å². The fourth-order valence-electron chi connectivity index (χ4n) is 1.29. The molecule has 1 heteroatoms. The molecule has 0 aromatic heterocycles. The van der Waals surface area contributed by atoms with Gasteiger partial charge in [0.15, 0.2) is 0 Å². The molecule has 1 rings (SSSR count). The molecule has 1 fully saturated rings. The monoisotopic (exact) mass is 127 g/mol. The van der Waals surface area contributed by atoms with Gasteiger partial charge < -0.3 is 5.32 Å². The first-order valence-electron chi connectivity index (χ1n) is 3.83. The molecule has 1 heterocycles.